The van der Waals surface area contributed by atoms with Crippen LogP contribution in [0.1, 0.15) is 0 Å². The van der Waals surface area contributed by atoms with Crippen LogP contribution in [0.15, 0.2) is 0 Å². The van der Waals surface area contributed by atoms with Crippen LogP contribution in [-0.4, -0.2) is 57.1 Å². The molecule has 0 spiro atoms. The number of nitrogens with two attached hydrogens (primary N) is 1. The fraction of sp³-hybridized carbons (Fsp3) is 0.875. The lowest BCUT2D eigenvalue weighted by Crippen LogP contribution is -2.26. The summed E-state index contributed by atoms with van der Waals surface area (Å²) < 4.78 is 9.91. The van der Waals surface area contributed by atoms with Crippen molar-refractivity contribution in [2.45, 2.75) is 0 Å². The van der Waals surface area contributed by atoms with Gasteiger partial charge in [0.2, 0.25) is 5.91 Å². The van der Waals surface area contributed by atoms with E-state index < -0.39 is 5.91 Å². The number of carbonyl (C=O) groups excluding carboxylic acids is 1. The molecule has 0 atom stereocenters. The van der Waals surface area contributed by atoms with Crippen LogP contribution < -0.4 is 11.1 Å². The van der Waals surface area contributed by atoms with Crippen molar-refractivity contribution >= 4 is 5.91 Å². The van der Waals surface area contributed by atoms with Gasteiger partial charge in [-0.15, -0.1) is 0 Å². The Balaban J connectivity index is 2.88. The van der Waals surface area contributed by atoms with Gasteiger partial charge in [-0.2, -0.15) is 0 Å². The predicted molar refractivity (Wildman–Crippen MR) is 50.8 cm³/mol. The summed E-state index contributed by atoms with van der Waals surface area (Å²) in [5.74, 6) is -0.462. The lowest BCUT2D eigenvalue weighted by molar-refractivity contribution is -0.122. The van der Waals surface area contributed by atoms with E-state index >= 15 is 0 Å². The number of hydrogen-bond donors (Lipinski definition) is 3. The summed E-state index contributed by atoms with van der Waals surface area (Å²) in [7, 11) is 0. The number of aliphatic hydroxyl groups is 1. The minimum Gasteiger partial charge on any atom is -0.394 e. The second-order valence-electron chi connectivity index (χ2n) is 2.60. The van der Waals surface area contributed by atoms with Crippen molar-refractivity contribution in [1.82, 2.24) is 5.32 Å². The first kappa shape index (κ1) is 13.3. The van der Waals surface area contributed by atoms with Crippen molar-refractivity contribution in [1.29, 1.82) is 0 Å². The van der Waals surface area contributed by atoms with Crippen molar-refractivity contribution in [3.8, 4) is 0 Å². The molecule has 14 heavy (non-hydrogen) atoms. The van der Waals surface area contributed by atoms with Crippen LogP contribution in [0.3, 0.4) is 0 Å². The highest BCUT2D eigenvalue weighted by atomic mass is 16.5. The van der Waals surface area contributed by atoms with Crippen LogP contribution in [0.2, 0.25) is 0 Å². The summed E-state index contributed by atoms with van der Waals surface area (Å²) in [6.07, 6.45) is 0. The van der Waals surface area contributed by atoms with E-state index in [4.69, 9.17) is 20.3 Å². The van der Waals surface area contributed by atoms with E-state index in [1.54, 1.807) is 0 Å². The Morgan fingerprint density at radius 1 is 1.21 bits per heavy atom. The van der Waals surface area contributed by atoms with Crippen molar-refractivity contribution < 1.29 is 19.4 Å². The lowest BCUT2D eigenvalue weighted by atomic mass is 10.6. The summed E-state index contributed by atoms with van der Waals surface area (Å²) in [4.78, 5) is 10.2. The number of aliphatic hydroxyl groups excluding tert-OH is 1. The molecule has 0 saturated carbocycles. The molecule has 4 N–H and O–H groups in total. The Morgan fingerprint density at radius 2 is 1.86 bits per heavy atom. The fourth-order valence-electron chi connectivity index (χ4n) is 0.753. The Hall–Kier alpha value is -0.690. The molecular weight excluding hydrogens is 188 g/mol. The highest BCUT2D eigenvalue weighted by Gasteiger charge is 1.93. The average Bonchev–Trinajstić information content (AvgIpc) is 2.15. The molecule has 0 aromatic rings. The van der Waals surface area contributed by atoms with E-state index in [2.05, 4.69) is 5.32 Å². The molecule has 6 heteroatoms. The van der Waals surface area contributed by atoms with Crippen molar-refractivity contribution in [3.05, 3.63) is 0 Å². The molecule has 1 amide bonds. The van der Waals surface area contributed by atoms with E-state index in [1.165, 1.54) is 0 Å². The number of rotatable bonds is 10. The Bertz CT molecular complexity index is 143. The summed E-state index contributed by atoms with van der Waals surface area (Å²) in [6, 6.07) is 0. The molecule has 84 valence electrons. The number of hydrogen-bond acceptors (Lipinski definition) is 5. The van der Waals surface area contributed by atoms with E-state index in [0.29, 0.717) is 32.9 Å². The summed E-state index contributed by atoms with van der Waals surface area (Å²) in [5, 5.41) is 11.4. The zero-order valence-electron chi connectivity index (χ0n) is 8.20. The maximum Gasteiger partial charge on any atom is 0.243 e. The highest BCUT2D eigenvalue weighted by molar-refractivity contribution is 5.74. The Kier molecular flexibility index (Phi) is 9.88. The summed E-state index contributed by atoms with van der Waals surface area (Å²) in [6.45, 7) is 2.71. The van der Waals surface area contributed by atoms with Crippen LogP contribution in [0.4, 0.5) is 0 Å². The molecule has 0 aromatic carbocycles. The Labute approximate surface area is 83.4 Å². The standard InChI is InChI=1S/C8H18N2O4/c9-8(12)7-14-5-2-10-1-4-13-6-3-11/h10-11H,1-7H2,(H2,9,12). The topological polar surface area (TPSA) is 93.8 Å². The van der Waals surface area contributed by atoms with Gasteiger partial charge in [0, 0.05) is 13.1 Å². The number of ether oxygens (including phenoxy) is 2. The molecular formula is C8H18N2O4. The zero-order chi connectivity index (χ0) is 10.6. The molecule has 0 aliphatic carbocycles. The second kappa shape index (κ2) is 10.4. The molecule has 0 fully saturated rings. The maximum atomic E-state index is 10.2. The SMILES string of the molecule is NC(=O)COCCNCCOCCO. The largest absolute Gasteiger partial charge is 0.394 e. The van der Waals surface area contributed by atoms with Gasteiger partial charge >= 0.3 is 0 Å². The molecule has 0 aliphatic heterocycles. The van der Waals surface area contributed by atoms with Crippen molar-refractivity contribution in [2.24, 2.45) is 5.73 Å². The van der Waals surface area contributed by atoms with Crippen LogP contribution in [0, 0.1) is 0 Å². The zero-order valence-corrected chi connectivity index (χ0v) is 8.20. The van der Waals surface area contributed by atoms with Gasteiger partial charge in [0.1, 0.15) is 6.61 Å². The van der Waals surface area contributed by atoms with E-state index in [9.17, 15) is 4.79 Å². The number of nitrogens with one attached hydrogen (secondary N) is 1. The van der Waals surface area contributed by atoms with Crippen LogP contribution in [0.5, 0.6) is 0 Å². The molecule has 0 radical (unpaired) electrons. The van der Waals surface area contributed by atoms with Gasteiger partial charge in [-0.3, -0.25) is 4.79 Å². The third-order valence-corrected chi connectivity index (χ3v) is 1.33. The minimum absolute atomic E-state index is 0.0390. The van der Waals surface area contributed by atoms with Crippen LogP contribution >= 0.6 is 0 Å². The van der Waals surface area contributed by atoms with Gasteiger partial charge < -0.3 is 25.6 Å². The maximum absolute atomic E-state index is 10.2. The van der Waals surface area contributed by atoms with Gasteiger partial charge in [0.25, 0.3) is 0 Å². The molecule has 0 heterocycles. The van der Waals surface area contributed by atoms with Crippen LogP contribution in [0.25, 0.3) is 0 Å². The predicted octanol–water partition coefficient (Wildman–Crippen LogP) is -1.91. The number of amides is 1. The molecule has 0 aromatic heterocycles. The third kappa shape index (κ3) is 11.3. The van der Waals surface area contributed by atoms with Crippen LogP contribution in [-0.2, 0) is 14.3 Å². The van der Waals surface area contributed by atoms with E-state index in [-0.39, 0.29) is 13.2 Å². The third-order valence-electron chi connectivity index (χ3n) is 1.33. The fourth-order valence-corrected chi connectivity index (χ4v) is 0.753. The first-order chi connectivity index (χ1) is 6.77. The van der Waals surface area contributed by atoms with E-state index in [0.717, 1.165) is 0 Å². The first-order valence-electron chi connectivity index (χ1n) is 4.52. The van der Waals surface area contributed by atoms with Crippen molar-refractivity contribution in [3.63, 3.8) is 0 Å². The van der Waals surface area contributed by atoms with Crippen molar-refractivity contribution in [2.75, 3.05) is 46.1 Å². The monoisotopic (exact) mass is 206 g/mol. The molecule has 0 bridgehead atoms. The molecule has 0 unspecified atom stereocenters. The van der Waals surface area contributed by atoms with Gasteiger partial charge in [-0.05, 0) is 0 Å². The average molecular weight is 206 g/mol. The van der Waals surface area contributed by atoms with Gasteiger partial charge in [0.15, 0.2) is 0 Å². The molecule has 0 aliphatic rings. The lowest BCUT2D eigenvalue weighted by Gasteiger charge is -2.05. The van der Waals surface area contributed by atoms with E-state index in [1.807, 2.05) is 0 Å². The quantitative estimate of drug-likeness (QED) is 0.362. The van der Waals surface area contributed by atoms with Gasteiger partial charge in [-0.1, -0.05) is 0 Å². The highest BCUT2D eigenvalue weighted by Crippen LogP contribution is 1.74. The summed E-state index contributed by atoms with van der Waals surface area (Å²) in [5.41, 5.74) is 4.86. The minimum atomic E-state index is -0.462. The summed E-state index contributed by atoms with van der Waals surface area (Å²) >= 11 is 0. The molecule has 0 rings (SSSR count). The normalized spacial score (nSPS) is 10.4. The smallest absolute Gasteiger partial charge is 0.243 e. The van der Waals surface area contributed by atoms with Gasteiger partial charge in [0.05, 0.1) is 26.4 Å². The molecule has 6 nitrogen and oxygen atoms in total. The number of carbonyl (C=O) groups is 1. The first-order valence-corrected chi connectivity index (χ1v) is 4.52. The molecule has 0 saturated heterocycles. The number of primary amides is 1. The van der Waals surface area contributed by atoms with Gasteiger partial charge in [-0.25, -0.2) is 0 Å². The Morgan fingerprint density at radius 3 is 2.43 bits per heavy atom. The second-order valence-corrected chi connectivity index (χ2v) is 2.60.